The number of hydrogen-bond acceptors (Lipinski definition) is 4. The van der Waals surface area contributed by atoms with E-state index in [1.54, 1.807) is 0 Å². The number of aromatic amines is 1. The molecular formula is C19H20N4OS. The number of aryl methyl sites for hydroxylation is 2. The summed E-state index contributed by atoms with van der Waals surface area (Å²) in [6.45, 7) is 5.83. The van der Waals surface area contributed by atoms with Crippen LogP contribution in [-0.2, 0) is 4.79 Å². The Hall–Kier alpha value is -2.60. The highest BCUT2D eigenvalue weighted by Gasteiger charge is 2.18. The number of benzene rings is 2. The summed E-state index contributed by atoms with van der Waals surface area (Å²) >= 11 is 1.33. The molecule has 128 valence electrons. The summed E-state index contributed by atoms with van der Waals surface area (Å²) in [5.41, 5.74) is 3.94. The van der Waals surface area contributed by atoms with Crippen LogP contribution >= 0.6 is 11.8 Å². The Balaban J connectivity index is 1.67. The van der Waals surface area contributed by atoms with Crippen molar-refractivity contribution in [2.24, 2.45) is 0 Å². The number of aromatic nitrogens is 3. The third-order valence-corrected chi connectivity index (χ3v) is 4.85. The smallest absolute Gasteiger partial charge is 0.237 e. The zero-order chi connectivity index (χ0) is 17.8. The third-order valence-electron chi connectivity index (χ3n) is 3.89. The summed E-state index contributed by atoms with van der Waals surface area (Å²) < 4.78 is 0. The van der Waals surface area contributed by atoms with Crippen LogP contribution in [0.25, 0.3) is 11.4 Å². The van der Waals surface area contributed by atoms with E-state index in [1.165, 1.54) is 11.8 Å². The van der Waals surface area contributed by atoms with E-state index in [0.717, 1.165) is 22.4 Å². The van der Waals surface area contributed by atoms with Gasteiger partial charge in [0.15, 0.2) is 5.82 Å². The SMILES string of the molecule is Cc1cccc(C)c1NC(=O)[C@@H](C)Sc1n[nH]c(-c2ccccc2)n1. The van der Waals surface area contributed by atoms with Crippen molar-refractivity contribution in [3.63, 3.8) is 0 Å². The van der Waals surface area contributed by atoms with E-state index in [-0.39, 0.29) is 11.2 Å². The highest BCUT2D eigenvalue weighted by Crippen LogP contribution is 2.25. The maximum Gasteiger partial charge on any atom is 0.237 e. The van der Waals surface area contributed by atoms with Crippen LogP contribution in [0.15, 0.2) is 53.7 Å². The van der Waals surface area contributed by atoms with Crippen LogP contribution in [0.3, 0.4) is 0 Å². The number of rotatable bonds is 5. The molecule has 5 nitrogen and oxygen atoms in total. The molecule has 1 amide bonds. The first-order chi connectivity index (χ1) is 12.0. The molecular weight excluding hydrogens is 332 g/mol. The molecule has 0 saturated heterocycles. The predicted molar refractivity (Wildman–Crippen MR) is 102 cm³/mol. The van der Waals surface area contributed by atoms with Gasteiger partial charge in [-0.3, -0.25) is 9.89 Å². The fourth-order valence-electron chi connectivity index (χ4n) is 2.47. The van der Waals surface area contributed by atoms with Crippen molar-refractivity contribution in [1.82, 2.24) is 15.2 Å². The van der Waals surface area contributed by atoms with Crippen molar-refractivity contribution >= 4 is 23.4 Å². The van der Waals surface area contributed by atoms with Crippen LogP contribution in [0, 0.1) is 13.8 Å². The average Bonchev–Trinajstić information content (AvgIpc) is 3.07. The fourth-order valence-corrected chi connectivity index (χ4v) is 3.20. The minimum Gasteiger partial charge on any atom is -0.325 e. The number of para-hydroxylation sites is 1. The van der Waals surface area contributed by atoms with Crippen molar-refractivity contribution < 1.29 is 4.79 Å². The van der Waals surface area contributed by atoms with Gasteiger partial charge < -0.3 is 5.32 Å². The fraction of sp³-hybridized carbons (Fsp3) is 0.211. The van der Waals surface area contributed by atoms with E-state index >= 15 is 0 Å². The van der Waals surface area contributed by atoms with E-state index in [4.69, 9.17) is 0 Å². The van der Waals surface area contributed by atoms with E-state index in [2.05, 4.69) is 20.5 Å². The first-order valence-corrected chi connectivity index (χ1v) is 8.94. The number of nitrogens with one attached hydrogen (secondary N) is 2. The molecule has 25 heavy (non-hydrogen) atoms. The summed E-state index contributed by atoms with van der Waals surface area (Å²) in [5, 5.41) is 10.4. The zero-order valence-electron chi connectivity index (χ0n) is 14.4. The topological polar surface area (TPSA) is 70.7 Å². The number of carbonyl (C=O) groups excluding carboxylic acids is 1. The summed E-state index contributed by atoms with van der Waals surface area (Å²) in [6, 6.07) is 15.7. The molecule has 0 unspecified atom stereocenters. The number of H-pyrrole nitrogens is 1. The molecule has 0 radical (unpaired) electrons. The van der Waals surface area contributed by atoms with Gasteiger partial charge in [0.05, 0.1) is 5.25 Å². The Morgan fingerprint density at radius 1 is 1.08 bits per heavy atom. The van der Waals surface area contributed by atoms with Crippen LogP contribution in [0.1, 0.15) is 18.1 Å². The molecule has 1 heterocycles. The lowest BCUT2D eigenvalue weighted by molar-refractivity contribution is -0.115. The molecule has 1 aromatic heterocycles. The Bertz CT molecular complexity index is 856. The van der Waals surface area contributed by atoms with Gasteiger partial charge >= 0.3 is 0 Å². The lowest BCUT2D eigenvalue weighted by Gasteiger charge is -2.14. The molecule has 3 aromatic rings. The zero-order valence-corrected chi connectivity index (χ0v) is 15.2. The molecule has 0 aliphatic heterocycles. The van der Waals surface area contributed by atoms with Gasteiger partial charge in [0.2, 0.25) is 11.1 Å². The van der Waals surface area contributed by atoms with Crippen molar-refractivity contribution in [2.75, 3.05) is 5.32 Å². The summed E-state index contributed by atoms with van der Waals surface area (Å²) in [4.78, 5) is 17.0. The molecule has 2 aromatic carbocycles. The molecule has 3 rings (SSSR count). The first kappa shape index (κ1) is 17.2. The van der Waals surface area contributed by atoms with Gasteiger partial charge in [-0.2, -0.15) is 0 Å². The Kier molecular flexibility index (Phi) is 5.19. The van der Waals surface area contributed by atoms with Gasteiger partial charge in [-0.1, -0.05) is 60.3 Å². The summed E-state index contributed by atoms with van der Waals surface area (Å²) in [6.07, 6.45) is 0. The molecule has 0 aliphatic rings. The molecule has 1 atom stereocenters. The van der Waals surface area contributed by atoms with Gasteiger partial charge in [-0.15, -0.1) is 5.10 Å². The summed E-state index contributed by atoms with van der Waals surface area (Å²) in [5.74, 6) is 0.638. The van der Waals surface area contributed by atoms with Gasteiger partial charge in [0, 0.05) is 11.3 Å². The Morgan fingerprint density at radius 3 is 2.44 bits per heavy atom. The molecule has 6 heteroatoms. The number of thioether (sulfide) groups is 1. The number of nitrogens with zero attached hydrogens (tertiary/aromatic N) is 2. The second-order valence-electron chi connectivity index (χ2n) is 5.85. The molecule has 0 aliphatic carbocycles. The predicted octanol–water partition coefficient (Wildman–Crippen LogP) is 4.21. The highest BCUT2D eigenvalue weighted by atomic mass is 32.2. The maximum absolute atomic E-state index is 12.5. The van der Waals surface area contributed by atoms with E-state index < -0.39 is 0 Å². The average molecular weight is 352 g/mol. The molecule has 0 fully saturated rings. The molecule has 0 bridgehead atoms. The normalized spacial score (nSPS) is 12.0. The molecule has 2 N–H and O–H groups in total. The first-order valence-electron chi connectivity index (χ1n) is 8.06. The third kappa shape index (κ3) is 4.09. The minimum atomic E-state index is -0.307. The van der Waals surface area contributed by atoms with E-state index in [9.17, 15) is 4.79 Å². The second-order valence-corrected chi connectivity index (χ2v) is 7.16. The van der Waals surface area contributed by atoms with Gasteiger partial charge in [-0.25, -0.2) is 4.98 Å². The van der Waals surface area contributed by atoms with E-state index in [0.29, 0.717) is 11.0 Å². The summed E-state index contributed by atoms with van der Waals surface area (Å²) in [7, 11) is 0. The Labute approximate surface area is 151 Å². The molecule has 0 saturated carbocycles. The molecule has 0 spiro atoms. The van der Waals surface area contributed by atoms with Crippen molar-refractivity contribution in [1.29, 1.82) is 0 Å². The monoisotopic (exact) mass is 352 g/mol. The van der Waals surface area contributed by atoms with Crippen LogP contribution < -0.4 is 5.32 Å². The van der Waals surface area contributed by atoms with Crippen molar-refractivity contribution in [2.45, 2.75) is 31.2 Å². The van der Waals surface area contributed by atoms with Crippen LogP contribution in [-0.4, -0.2) is 26.3 Å². The minimum absolute atomic E-state index is 0.0616. The number of carbonyl (C=O) groups is 1. The number of anilines is 1. The van der Waals surface area contributed by atoms with Crippen LogP contribution in [0.2, 0.25) is 0 Å². The number of amides is 1. The lowest BCUT2D eigenvalue weighted by Crippen LogP contribution is -2.23. The second kappa shape index (κ2) is 7.53. The lowest BCUT2D eigenvalue weighted by atomic mass is 10.1. The largest absolute Gasteiger partial charge is 0.325 e. The maximum atomic E-state index is 12.5. The van der Waals surface area contributed by atoms with Crippen molar-refractivity contribution in [3.8, 4) is 11.4 Å². The quantitative estimate of drug-likeness (QED) is 0.675. The Morgan fingerprint density at radius 2 is 1.76 bits per heavy atom. The van der Waals surface area contributed by atoms with Gasteiger partial charge in [0.1, 0.15) is 0 Å². The van der Waals surface area contributed by atoms with Crippen LogP contribution in [0.4, 0.5) is 5.69 Å². The van der Waals surface area contributed by atoms with E-state index in [1.807, 2.05) is 69.3 Å². The standard InChI is InChI=1S/C19H20N4OS/c1-12-8-7-9-13(2)16(12)20-18(24)14(3)25-19-21-17(22-23-19)15-10-5-4-6-11-15/h4-11,14H,1-3H3,(H,20,24)(H,21,22,23)/t14-/m1/s1. The van der Waals surface area contributed by atoms with Crippen molar-refractivity contribution in [3.05, 3.63) is 59.7 Å². The van der Waals surface area contributed by atoms with Gasteiger partial charge in [0.25, 0.3) is 0 Å². The number of hydrogen-bond donors (Lipinski definition) is 2. The van der Waals surface area contributed by atoms with Gasteiger partial charge in [-0.05, 0) is 31.9 Å². The van der Waals surface area contributed by atoms with Crippen LogP contribution in [0.5, 0.6) is 0 Å². The highest BCUT2D eigenvalue weighted by molar-refractivity contribution is 8.00.